The minimum absolute atomic E-state index is 0.00870. The van der Waals surface area contributed by atoms with Crippen molar-refractivity contribution in [2.75, 3.05) is 6.54 Å². The van der Waals surface area contributed by atoms with Crippen molar-refractivity contribution in [3.8, 4) is 0 Å². The number of benzene rings is 1. The Kier molecular flexibility index (Phi) is 6.22. The Balaban J connectivity index is 2.60. The number of aryl methyl sites for hydroxylation is 1. The van der Waals surface area contributed by atoms with E-state index in [9.17, 15) is 9.59 Å². The van der Waals surface area contributed by atoms with Gasteiger partial charge in [-0.1, -0.05) is 24.3 Å². The highest BCUT2D eigenvalue weighted by Gasteiger charge is 2.13. The average molecular weight is 276 g/mol. The predicted molar refractivity (Wildman–Crippen MR) is 80.2 cm³/mol. The van der Waals surface area contributed by atoms with Crippen molar-refractivity contribution < 1.29 is 9.59 Å². The summed E-state index contributed by atoms with van der Waals surface area (Å²) in [5, 5.41) is 2.84. The molecule has 110 valence electrons. The van der Waals surface area contributed by atoms with Gasteiger partial charge in [-0.2, -0.15) is 0 Å². The molecule has 0 saturated heterocycles. The fourth-order valence-electron chi connectivity index (χ4n) is 1.97. The van der Waals surface area contributed by atoms with Gasteiger partial charge in [-0.25, -0.2) is 0 Å². The van der Waals surface area contributed by atoms with Crippen molar-refractivity contribution in [2.45, 2.75) is 46.7 Å². The molecule has 0 saturated carbocycles. The summed E-state index contributed by atoms with van der Waals surface area (Å²) in [5.41, 5.74) is 2.28. The molecular formula is C16H24N2O2. The monoisotopic (exact) mass is 276 g/mol. The van der Waals surface area contributed by atoms with Gasteiger partial charge in [0.2, 0.25) is 11.8 Å². The molecule has 0 radical (unpaired) electrons. The largest absolute Gasteiger partial charge is 0.354 e. The van der Waals surface area contributed by atoms with Crippen molar-refractivity contribution in [1.29, 1.82) is 0 Å². The maximum Gasteiger partial charge on any atom is 0.221 e. The zero-order valence-electron chi connectivity index (χ0n) is 12.8. The molecule has 0 aliphatic rings. The summed E-state index contributed by atoms with van der Waals surface area (Å²) in [5.74, 6) is -0.0263. The van der Waals surface area contributed by atoms with Crippen LogP contribution >= 0.6 is 0 Å². The third-order valence-electron chi connectivity index (χ3n) is 3.13. The van der Waals surface area contributed by atoms with Crippen molar-refractivity contribution in [2.24, 2.45) is 0 Å². The molecule has 0 fully saturated rings. The van der Waals surface area contributed by atoms with Gasteiger partial charge in [-0.15, -0.1) is 0 Å². The standard InChI is InChI=1S/C16H24N2O2/c1-12(2)17-16(20)9-10-18(14(4)19)11-15-8-6-5-7-13(15)3/h5-8,12H,9-11H2,1-4H3,(H,17,20). The van der Waals surface area contributed by atoms with Gasteiger partial charge in [-0.3, -0.25) is 9.59 Å². The molecule has 1 N–H and O–H groups in total. The summed E-state index contributed by atoms with van der Waals surface area (Å²) in [4.78, 5) is 25.0. The zero-order valence-corrected chi connectivity index (χ0v) is 12.8. The molecule has 4 heteroatoms. The quantitative estimate of drug-likeness (QED) is 0.866. The van der Waals surface area contributed by atoms with Crippen LogP contribution in [0.25, 0.3) is 0 Å². The SMILES string of the molecule is CC(=O)N(CCC(=O)NC(C)C)Cc1ccccc1C. The van der Waals surface area contributed by atoms with E-state index in [4.69, 9.17) is 0 Å². The molecule has 20 heavy (non-hydrogen) atoms. The number of hydrogen-bond acceptors (Lipinski definition) is 2. The lowest BCUT2D eigenvalue weighted by Crippen LogP contribution is -2.35. The molecule has 2 amide bonds. The molecular weight excluding hydrogens is 252 g/mol. The molecule has 4 nitrogen and oxygen atoms in total. The van der Waals surface area contributed by atoms with Crippen LogP contribution in [-0.2, 0) is 16.1 Å². The highest BCUT2D eigenvalue weighted by Crippen LogP contribution is 2.11. The van der Waals surface area contributed by atoms with E-state index in [1.165, 1.54) is 0 Å². The molecule has 1 rings (SSSR count). The van der Waals surface area contributed by atoms with Crippen LogP contribution in [0.3, 0.4) is 0 Å². The van der Waals surface area contributed by atoms with Gasteiger partial charge in [0.15, 0.2) is 0 Å². The predicted octanol–water partition coefficient (Wildman–Crippen LogP) is 2.26. The number of rotatable bonds is 6. The zero-order chi connectivity index (χ0) is 15.1. The lowest BCUT2D eigenvalue weighted by molar-refractivity contribution is -0.130. The van der Waals surface area contributed by atoms with Gasteiger partial charge in [0.25, 0.3) is 0 Å². The first kappa shape index (κ1) is 16.2. The minimum Gasteiger partial charge on any atom is -0.354 e. The van der Waals surface area contributed by atoms with Crippen LogP contribution in [0, 0.1) is 6.92 Å². The Hall–Kier alpha value is -1.84. The smallest absolute Gasteiger partial charge is 0.221 e. The van der Waals surface area contributed by atoms with Gasteiger partial charge in [0.05, 0.1) is 0 Å². The Morgan fingerprint density at radius 1 is 1.25 bits per heavy atom. The summed E-state index contributed by atoms with van der Waals surface area (Å²) in [7, 11) is 0. The first-order chi connectivity index (χ1) is 9.40. The van der Waals surface area contributed by atoms with Crippen LogP contribution < -0.4 is 5.32 Å². The maximum absolute atomic E-state index is 11.7. The molecule has 0 atom stereocenters. The van der Waals surface area contributed by atoms with E-state index in [1.54, 1.807) is 11.8 Å². The lowest BCUT2D eigenvalue weighted by atomic mass is 10.1. The molecule has 0 bridgehead atoms. The normalized spacial score (nSPS) is 10.4. The van der Waals surface area contributed by atoms with Crippen molar-refractivity contribution in [3.63, 3.8) is 0 Å². The molecule has 1 aromatic rings. The van der Waals surface area contributed by atoms with E-state index in [0.717, 1.165) is 11.1 Å². The fourth-order valence-corrected chi connectivity index (χ4v) is 1.97. The minimum atomic E-state index is -0.0176. The summed E-state index contributed by atoms with van der Waals surface area (Å²) >= 11 is 0. The van der Waals surface area contributed by atoms with Gasteiger partial charge < -0.3 is 10.2 Å². The van der Waals surface area contributed by atoms with E-state index in [2.05, 4.69) is 5.32 Å². The summed E-state index contributed by atoms with van der Waals surface area (Å²) < 4.78 is 0. The number of nitrogens with zero attached hydrogens (tertiary/aromatic N) is 1. The van der Waals surface area contributed by atoms with E-state index in [-0.39, 0.29) is 17.9 Å². The highest BCUT2D eigenvalue weighted by atomic mass is 16.2. The first-order valence-electron chi connectivity index (χ1n) is 6.99. The molecule has 0 heterocycles. The van der Waals surface area contributed by atoms with E-state index in [1.807, 2.05) is 45.0 Å². The van der Waals surface area contributed by atoms with Gasteiger partial charge in [0, 0.05) is 32.5 Å². The lowest BCUT2D eigenvalue weighted by Gasteiger charge is -2.22. The van der Waals surface area contributed by atoms with Crippen LogP contribution in [0.5, 0.6) is 0 Å². The Labute approximate surface area is 121 Å². The molecule has 1 aromatic carbocycles. The van der Waals surface area contributed by atoms with Crippen molar-refractivity contribution >= 4 is 11.8 Å². The Morgan fingerprint density at radius 2 is 1.90 bits per heavy atom. The second-order valence-corrected chi connectivity index (χ2v) is 5.34. The second-order valence-electron chi connectivity index (χ2n) is 5.34. The summed E-state index contributed by atoms with van der Waals surface area (Å²) in [6.07, 6.45) is 0.337. The molecule has 0 aromatic heterocycles. The van der Waals surface area contributed by atoms with Gasteiger partial charge in [0.1, 0.15) is 0 Å². The molecule has 0 spiro atoms. The van der Waals surface area contributed by atoms with Crippen molar-refractivity contribution in [3.05, 3.63) is 35.4 Å². The second kappa shape index (κ2) is 7.68. The third kappa shape index (κ3) is 5.43. The average Bonchev–Trinajstić information content (AvgIpc) is 2.35. The van der Waals surface area contributed by atoms with Crippen molar-refractivity contribution in [1.82, 2.24) is 10.2 Å². The molecule has 0 unspecified atom stereocenters. The van der Waals surface area contributed by atoms with Crippen LogP contribution in [-0.4, -0.2) is 29.3 Å². The first-order valence-corrected chi connectivity index (χ1v) is 6.99. The Morgan fingerprint density at radius 3 is 2.45 bits per heavy atom. The van der Waals surface area contributed by atoms with E-state index >= 15 is 0 Å². The van der Waals surface area contributed by atoms with Crippen LogP contribution in [0.15, 0.2) is 24.3 Å². The fraction of sp³-hybridized carbons (Fsp3) is 0.500. The number of carbonyl (C=O) groups excluding carboxylic acids is 2. The topological polar surface area (TPSA) is 49.4 Å². The third-order valence-corrected chi connectivity index (χ3v) is 3.13. The van der Waals surface area contributed by atoms with Crippen LogP contribution in [0.1, 0.15) is 38.3 Å². The Bertz CT molecular complexity index is 469. The summed E-state index contributed by atoms with van der Waals surface area (Å²) in [6, 6.07) is 8.11. The highest BCUT2D eigenvalue weighted by molar-refractivity contribution is 5.78. The molecule has 0 aliphatic heterocycles. The number of hydrogen-bond donors (Lipinski definition) is 1. The van der Waals surface area contributed by atoms with Gasteiger partial charge >= 0.3 is 0 Å². The number of nitrogens with one attached hydrogen (secondary N) is 1. The van der Waals surface area contributed by atoms with Crippen LogP contribution in [0.2, 0.25) is 0 Å². The number of carbonyl (C=O) groups is 2. The summed E-state index contributed by atoms with van der Waals surface area (Å²) in [6.45, 7) is 8.42. The van der Waals surface area contributed by atoms with Gasteiger partial charge in [-0.05, 0) is 31.9 Å². The molecule has 0 aliphatic carbocycles. The number of amides is 2. The van der Waals surface area contributed by atoms with Crippen LogP contribution in [0.4, 0.5) is 0 Å². The maximum atomic E-state index is 11.7. The van der Waals surface area contributed by atoms with E-state index in [0.29, 0.717) is 19.5 Å². The van der Waals surface area contributed by atoms with E-state index < -0.39 is 0 Å².